The average Bonchev–Trinajstić information content (AvgIpc) is 3.18. The van der Waals surface area contributed by atoms with Crippen LogP contribution in [0.1, 0.15) is 17.4 Å². The molecular formula is C14H14N6O2. The molecular weight excluding hydrogens is 284 g/mol. The molecule has 0 atom stereocenters. The van der Waals surface area contributed by atoms with E-state index in [-0.39, 0.29) is 5.91 Å². The molecule has 1 amide bonds. The van der Waals surface area contributed by atoms with Gasteiger partial charge in [-0.1, -0.05) is 5.16 Å². The van der Waals surface area contributed by atoms with Crippen molar-refractivity contribution in [3.05, 3.63) is 42.8 Å². The Balaban J connectivity index is 1.95. The van der Waals surface area contributed by atoms with Crippen LogP contribution in [0.15, 0.2) is 41.6 Å². The minimum Gasteiger partial charge on any atom is -0.342 e. The quantitative estimate of drug-likeness (QED) is 0.725. The fraction of sp³-hybridized carbons (Fsp3) is 0.214. The van der Waals surface area contributed by atoms with Gasteiger partial charge in [0.1, 0.15) is 5.69 Å². The van der Waals surface area contributed by atoms with E-state index in [4.69, 9.17) is 4.52 Å². The molecule has 0 aromatic carbocycles. The molecule has 0 spiro atoms. The predicted octanol–water partition coefficient (Wildman–Crippen LogP) is 1.53. The molecule has 3 aromatic heterocycles. The molecule has 3 aromatic rings. The molecule has 0 unspecified atom stereocenters. The van der Waals surface area contributed by atoms with Crippen molar-refractivity contribution >= 4 is 11.6 Å². The number of nitrogens with zero attached hydrogens (tertiary/aromatic N) is 6. The first-order chi connectivity index (χ1) is 10.7. The molecule has 0 fully saturated rings. The van der Waals surface area contributed by atoms with Crippen molar-refractivity contribution in [1.82, 2.24) is 24.7 Å². The topological polar surface area (TPSA) is 89.9 Å². The minimum atomic E-state index is -0.166. The first-order valence-corrected chi connectivity index (χ1v) is 6.72. The lowest BCUT2D eigenvalue weighted by Gasteiger charge is -2.20. The molecule has 112 valence electrons. The largest absolute Gasteiger partial charge is 0.342 e. The van der Waals surface area contributed by atoms with Crippen molar-refractivity contribution < 1.29 is 9.32 Å². The summed E-state index contributed by atoms with van der Waals surface area (Å²) in [5.41, 5.74) is 1.17. The number of imidazole rings is 1. The van der Waals surface area contributed by atoms with E-state index < -0.39 is 0 Å². The molecule has 3 rings (SSSR count). The fourth-order valence-corrected chi connectivity index (χ4v) is 2.18. The summed E-state index contributed by atoms with van der Waals surface area (Å²) < 4.78 is 6.36. The van der Waals surface area contributed by atoms with Gasteiger partial charge in [-0.2, -0.15) is 4.98 Å². The highest BCUT2D eigenvalue weighted by atomic mass is 16.5. The molecule has 0 aliphatic carbocycles. The lowest BCUT2D eigenvalue weighted by molar-refractivity contribution is 0.0980. The molecule has 3 heterocycles. The van der Waals surface area contributed by atoms with Gasteiger partial charge < -0.3 is 14.0 Å². The molecule has 0 N–H and O–H groups in total. The second-order valence-corrected chi connectivity index (χ2v) is 4.54. The highest BCUT2D eigenvalue weighted by Gasteiger charge is 2.22. The van der Waals surface area contributed by atoms with Crippen LogP contribution in [0.2, 0.25) is 0 Å². The van der Waals surface area contributed by atoms with Crippen molar-refractivity contribution in [2.24, 2.45) is 7.05 Å². The summed E-state index contributed by atoms with van der Waals surface area (Å²) in [5, 5.41) is 3.74. The predicted molar refractivity (Wildman–Crippen MR) is 78.1 cm³/mol. The fourth-order valence-electron chi connectivity index (χ4n) is 2.18. The number of carbonyl (C=O) groups excluding carboxylic acids is 1. The maximum absolute atomic E-state index is 12.8. The lowest BCUT2D eigenvalue weighted by Crippen LogP contribution is -2.32. The third kappa shape index (κ3) is 2.34. The smallest absolute Gasteiger partial charge is 0.276 e. The van der Waals surface area contributed by atoms with E-state index in [0.29, 0.717) is 23.9 Å². The van der Waals surface area contributed by atoms with Gasteiger partial charge in [-0.05, 0) is 19.1 Å². The van der Waals surface area contributed by atoms with Crippen molar-refractivity contribution in [2.75, 3.05) is 11.4 Å². The van der Waals surface area contributed by atoms with Gasteiger partial charge >= 0.3 is 0 Å². The van der Waals surface area contributed by atoms with Crippen molar-refractivity contribution in [3.8, 4) is 11.6 Å². The van der Waals surface area contributed by atoms with Gasteiger partial charge in [0.2, 0.25) is 12.2 Å². The number of rotatable bonds is 4. The van der Waals surface area contributed by atoms with Crippen molar-refractivity contribution in [2.45, 2.75) is 6.92 Å². The second-order valence-electron chi connectivity index (χ2n) is 4.54. The van der Waals surface area contributed by atoms with E-state index in [1.165, 1.54) is 12.6 Å². The number of amides is 1. The zero-order valence-electron chi connectivity index (χ0n) is 12.2. The minimum absolute atomic E-state index is 0.166. The highest BCUT2D eigenvalue weighted by Crippen LogP contribution is 2.19. The van der Waals surface area contributed by atoms with Crippen molar-refractivity contribution in [1.29, 1.82) is 0 Å². The summed E-state index contributed by atoms with van der Waals surface area (Å²) in [6, 6.07) is 3.63. The number of pyridine rings is 1. The van der Waals surface area contributed by atoms with Crippen LogP contribution in [-0.2, 0) is 7.05 Å². The van der Waals surface area contributed by atoms with Crippen LogP contribution in [0.3, 0.4) is 0 Å². The average molecular weight is 298 g/mol. The van der Waals surface area contributed by atoms with Crippen molar-refractivity contribution in [3.63, 3.8) is 0 Å². The second kappa shape index (κ2) is 5.76. The number of hydrogen-bond acceptors (Lipinski definition) is 6. The van der Waals surface area contributed by atoms with Gasteiger partial charge in [0.25, 0.3) is 5.91 Å². The Bertz CT molecular complexity index is 766. The number of carbonyl (C=O) groups is 1. The monoisotopic (exact) mass is 298 g/mol. The van der Waals surface area contributed by atoms with Gasteiger partial charge in [-0.3, -0.25) is 9.78 Å². The summed E-state index contributed by atoms with van der Waals surface area (Å²) in [5.74, 6) is 0.644. The Morgan fingerprint density at radius 3 is 2.86 bits per heavy atom. The first-order valence-electron chi connectivity index (χ1n) is 6.72. The zero-order valence-corrected chi connectivity index (χ0v) is 12.2. The maximum atomic E-state index is 12.8. The molecule has 22 heavy (non-hydrogen) atoms. The third-order valence-electron chi connectivity index (χ3n) is 3.29. The Morgan fingerprint density at radius 1 is 1.36 bits per heavy atom. The Labute approximate surface area is 126 Å². The normalized spacial score (nSPS) is 10.6. The van der Waals surface area contributed by atoms with Gasteiger partial charge in [0, 0.05) is 19.8 Å². The highest BCUT2D eigenvalue weighted by molar-refractivity contribution is 6.05. The number of aromatic nitrogens is 5. The van der Waals surface area contributed by atoms with Gasteiger partial charge in [0.15, 0.2) is 5.82 Å². The Kier molecular flexibility index (Phi) is 3.65. The van der Waals surface area contributed by atoms with Gasteiger partial charge in [0.05, 0.1) is 18.1 Å². The van der Waals surface area contributed by atoms with E-state index in [1.54, 1.807) is 35.0 Å². The molecule has 0 saturated carbocycles. The van der Waals surface area contributed by atoms with E-state index in [9.17, 15) is 4.79 Å². The summed E-state index contributed by atoms with van der Waals surface area (Å²) in [6.45, 7) is 2.43. The molecule has 0 radical (unpaired) electrons. The molecule has 0 aliphatic rings. The van der Waals surface area contributed by atoms with Crippen LogP contribution in [0, 0.1) is 0 Å². The summed E-state index contributed by atoms with van der Waals surface area (Å²) in [7, 11) is 1.74. The van der Waals surface area contributed by atoms with Crippen LogP contribution < -0.4 is 4.90 Å². The SMILES string of the molecule is CCN(C(=O)c1cnc(-c2ncon2)n1C)c1cccnc1. The molecule has 0 saturated heterocycles. The molecule has 8 heteroatoms. The standard InChI is InChI=1S/C14H14N6O2/c1-3-20(10-5-4-6-15-7-10)14(21)11-8-16-13(19(11)2)12-17-9-22-18-12/h4-9H,3H2,1-2H3. The van der Waals surface area contributed by atoms with Crippen LogP contribution in [-0.4, -0.2) is 37.1 Å². The lowest BCUT2D eigenvalue weighted by atomic mass is 10.3. The number of anilines is 1. The van der Waals surface area contributed by atoms with E-state index in [2.05, 4.69) is 20.1 Å². The number of hydrogen-bond donors (Lipinski definition) is 0. The zero-order chi connectivity index (χ0) is 15.5. The maximum Gasteiger partial charge on any atom is 0.276 e. The van der Waals surface area contributed by atoms with Gasteiger partial charge in [-0.15, -0.1) is 0 Å². The third-order valence-corrected chi connectivity index (χ3v) is 3.29. The molecule has 0 aliphatic heterocycles. The Hall–Kier alpha value is -3.03. The van der Waals surface area contributed by atoms with Crippen LogP contribution in [0.25, 0.3) is 11.6 Å². The first kappa shape index (κ1) is 13.9. The van der Waals surface area contributed by atoms with Gasteiger partial charge in [-0.25, -0.2) is 4.98 Å². The summed E-state index contributed by atoms with van der Waals surface area (Å²) in [4.78, 5) is 26.6. The van der Waals surface area contributed by atoms with Crippen LogP contribution in [0.4, 0.5) is 5.69 Å². The van der Waals surface area contributed by atoms with Crippen LogP contribution in [0.5, 0.6) is 0 Å². The van der Waals surface area contributed by atoms with E-state index in [1.807, 2.05) is 13.0 Å². The van der Waals surface area contributed by atoms with E-state index in [0.717, 1.165) is 5.69 Å². The molecule has 8 nitrogen and oxygen atoms in total. The Morgan fingerprint density at radius 2 is 2.23 bits per heavy atom. The van der Waals surface area contributed by atoms with E-state index >= 15 is 0 Å². The van der Waals surface area contributed by atoms with Crippen LogP contribution >= 0.6 is 0 Å². The summed E-state index contributed by atoms with van der Waals surface area (Å²) >= 11 is 0. The molecule has 0 bridgehead atoms. The summed E-state index contributed by atoms with van der Waals surface area (Å²) in [6.07, 6.45) is 6.05.